The number of nitrogens with zero attached hydrogens (tertiary/aromatic N) is 3. The molecule has 0 unspecified atom stereocenters. The second-order valence-electron chi connectivity index (χ2n) is 7.39. The van der Waals surface area contributed by atoms with E-state index in [0.29, 0.717) is 17.7 Å². The predicted molar refractivity (Wildman–Crippen MR) is 114 cm³/mol. The first-order chi connectivity index (χ1) is 14.6. The molecule has 1 aliphatic heterocycles. The van der Waals surface area contributed by atoms with Crippen LogP contribution in [0, 0.1) is 0 Å². The zero-order valence-electron chi connectivity index (χ0n) is 18.8. The minimum atomic E-state index is -3.95. The number of hydrogen-bond donors (Lipinski definition) is 0. The lowest BCUT2D eigenvalue weighted by molar-refractivity contribution is -0.147. The van der Waals surface area contributed by atoms with Gasteiger partial charge in [-0.05, 0) is 30.5 Å². The van der Waals surface area contributed by atoms with Gasteiger partial charge in [-0.25, -0.2) is 9.59 Å². The van der Waals surface area contributed by atoms with Crippen molar-refractivity contribution in [3.05, 3.63) is 29.8 Å². The maximum Gasteiger partial charge on any atom is 0.410 e. The number of amides is 1. The Hall–Kier alpha value is -2.37. The molecule has 0 spiro atoms. The molecule has 2 rings (SSSR count). The number of esters is 1. The number of ether oxygens (including phenoxy) is 3. The lowest BCUT2D eigenvalue weighted by atomic mass is 10.1. The highest BCUT2D eigenvalue weighted by atomic mass is 32.2. The Morgan fingerprint density at radius 3 is 2.16 bits per heavy atom. The molecule has 31 heavy (non-hydrogen) atoms. The third-order valence-electron chi connectivity index (χ3n) is 5.50. The average molecular weight is 458 g/mol. The van der Waals surface area contributed by atoms with Gasteiger partial charge in [-0.2, -0.15) is 17.0 Å². The molecule has 1 saturated heterocycles. The lowest BCUT2D eigenvalue weighted by Gasteiger charge is -2.34. The van der Waals surface area contributed by atoms with Crippen LogP contribution in [0.4, 0.5) is 4.79 Å². The fourth-order valence-corrected chi connectivity index (χ4v) is 5.10. The van der Waals surface area contributed by atoms with Crippen molar-refractivity contribution in [3.8, 4) is 5.75 Å². The molecule has 1 fully saturated rings. The number of hydrogen-bond acceptors (Lipinski definition) is 7. The molecule has 0 aromatic heterocycles. The summed E-state index contributed by atoms with van der Waals surface area (Å²) in [5.74, 6) is -0.0537. The maximum atomic E-state index is 13.3. The van der Waals surface area contributed by atoms with E-state index >= 15 is 0 Å². The van der Waals surface area contributed by atoms with E-state index in [4.69, 9.17) is 14.2 Å². The SMILES string of the molecule is CC[C@@H]1C[C@H](N(Cc2ccc(OC)cc2)S(=O)(=O)N(C)C)[C@H](C(=O)OC)N1C(=O)OC. The number of carbonyl (C=O) groups excluding carboxylic acids is 2. The van der Waals surface area contributed by atoms with Crippen LogP contribution in [0.15, 0.2) is 24.3 Å². The Morgan fingerprint density at radius 2 is 1.71 bits per heavy atom. The molecular formula is C20H31N3O7S. The van der Waals surface area contributed by atoms with Gasteiger partial charge >= 0.3 is 12.1 Å². The first kappa shape index (κ1) is 24.9. The predicted octanol–water partition coefficient (Wildman–Crippen LogP) is 1.46. The van der Waals surface area contributed by atoms with Crippen molar-refractivity contribution in [1.29, 1.82) is 0 Å². The van der Waals surface area contributed by atoms with Gasteiger partial charge in [0.05, 0.1) is 27.4 Å². The van der Waals surface area contributed by atoms with Crippen molar-refractivity contribution >= 4 is 22.3 Å². The molecule has 0 saturated carbocycles. The van der Waals surface area contributed by atoms with E-state index in [2.05, 4.69) is 0 Å². The molecule has 174 valence electrons. The van der Waals surface area contributed by atoms with Gasteiger partial charge < -0.3 is 14.2 Å². The Kier molecular flexibility index (Phi) is 8.27. The van der Waals surface area contributed by atoms with Gasteiger partial charge in [0.25, 0.3) is 10.2 Å². The van der Waals surface area contributed by atoms with Crippen LogP contribution in [0.25, 0.3) is 0 Å². The molecule has 0 aliphatic carbocycles. The zero-order valence-corrected chi connectivity index (χ0v) is 19.6. The summed E-state index contributed by atoms with van der Waals surface area (Å²) < 4.78 is 43.9. The van der Waals surface area contributed by atoms with Crippen molar-refractivity contribution < 1.29 is 32.2 Å². The fourth-order valence-electron chi connectivity index (χ4n) is 3.82. The summed E-state index contributed by atoms with van der Waals surface area (Å²) in [6.07, 6.45) is 0.0999. The summed E-state index contributed by atoms with van der Waals surface area (Å²) in [6.45, 7) is 1.87. The first-order valence-electron chi connectivity index (χ1n) is 9.88. The molecular weight excluding hydrogens is 426 g/mol. The van der Waals surface area contributed by atoms with Crippen LogP contribution in [-0.2, 0) is 31.0 Å². The minimum Gasteiger partial charge on any atom is -0.497 e. The highest BCUT2D eigenvalue weighted by molar-refractivity contribution is 7.86. The number of rotatable bonds is 8. The molecule has 0 bridgehead atoms. The number of carbonyl (C=O) groups is 2. The summed E-state index contributed by atoms with van der Waals surface area (Å²) in [7, 11) is 2.88. The summed E-state index contributed by atoms with van der Waals surface area (Å²) in [4.78, 5) is 26.5. The normalized spacial score (nSPS) is 21.4. The van der Waals surface area contributed by atoms with Crippen LogP contribution < -0.4 is 4.74 Å². The quantitative estimate of drug-likeness (QED) is 0.544. The third kappa shape index (κ3) is 5.10. The van der Waals surface area contributed by atoms with Crippen LogP contribution in [0.2, 0.25) is 0 Å². The van der Waals surface area contributed by atoms with E-state index < -0.39 is 34.4 Å². The van der Waals surface area contributed by atoms with Gasteiger partial charge in [-0.15, -0.1) is 0 Å². The standard InChI is InChI=1S/C20H31N3O7S/c1-7-15-12-17(18(19(24)29-5)23(15)20(25)30-6)22(31(26,27)21(2)3)13-14-8-10-16(28-4)11-9-14/h8-11,15,17-18H,7,12-13H2,1-6H3/t15-,17+,18-/m1/s1. The van der Waals surface area contributed by atoms with Gasteiger partial charge in [0, 0.05) is 26.7 Å². The summed E-state index contributed by atoms with van der Waals surface area (Å²) >= 11 is 0. The fraction of sp³-hybridized carbons (Fsp3) is 0.600. The summed E-state index contributed by atoms with van der Waals surface area (Å²) in [5, 5.41) is 0. The Balaban J connectivity index is 2.55. The summed E-state index contributed by atoms with van der Waals surface area (Å²) in [5.41, 5.74) is 0.708. The molecule has 10 nitrogen and oxygen atoms in total. The van der Waals surface area contributed by atoms with Crippen LogP contribution in [0.1, 0.15) is 25.3 Å². The Bertz CT molecular complexity index is 873. The molecule has 3 atom stereocenters. The maximum absolute atomic E-state index is 13.3. The molecule has 1 amide bonds. The van der Waals surface area contributed by atoms with E-state index in [9.17, 15) is 18.0 Å². The molecule has 1 aromatic rings. The van der Waals surface area contributed by atoms with Crippen LogP contribution in [0.3, 0.4) is 0 Å². The van der Waals surface area contributed by atoms with Gasteiger partial charge in [-0.1, -0.05) is 19.1 Å². The summed E-state index contributed by atoms with van der Waals surface area (Å²) in [6, 6.07) is 4.65. The van der Waals surface area contributed by atoms with Crippen LogP contribution in [0.5, 0.6) is 5.75 Å². The van der Waals surface area contributed by atoms with E-state index in [1.165, 1.54) is 37.5 Å². The van der Waals surface area contributed by atoms with Gasteiger partial charge in [0.2, 0.25) is 0 Å². The number of benzene rings is 1. The van der Waals surface area contributed by atoms with Gasteiger partial charge in [0.1, 0.15) is 11.8 Å². The molecule has 1 aromatic carbocycles. The largest absolute Gasteiger partial charge is 0.497 e. The first-order valence-corrected chi connectivity index (χ1v) is 11.3. The Morgan fingerprint density at radius 1 is 1.10 bits per heavy atom. The van der Waals surface area contributed by atoms with Gasteiger partial charge in [-0.3, -0.25) is 4.90 Å². The average Bonchev–Trinajstić information content (AvgIpc) is 3.15. The lowest BCUT2D eigenvalue weighted by Crippen LogP contribution is -2.55. The molecule has 11 heteroatoms. The van der Waals surface area contributed by atoms with Crippen LogP contribution >= 0.6 is 0 Å². The smallest absolute Gasteiger partial charge is 0.410 e. The number of likely N-dealkylation sites (tertiary alicyclic amines) is 1. The van der Waals surface area contributed by atoms with Crippen molar-refractivity contribution in [1.82, 2.24) is 13.5 Å². The number of methoxy groups -OCH3 is 3. The molecule has 1 heterocycles. The van der Waals surface area contributed by atoms with Crippen molar-refractivity contribution in [2.45, 2.75) is 44.4 Å². The zero-order chi connectivity index (χ0) is 23.3. The molecule has 0 N–H and O–H groups in total. The highest BCUT2D eigenvalue weighted by Crippen LogP contribution is 2.34. The molecule has 1 aliphatic rings. The van der Waals surface area contributed by atoms with Gasteiger partial charge in [0.15, 0.2) is 0 Å². The second kappa shape index (κ2) is 10.3. The van der Waals surface area contributed by atoms with E-state index in [-0.39, 0.29) is 19.0 Å². The van der Waals surface area contributed by atoms with E-state index in [0.717, 1.165) is 4.31 Å². The van der Waals surface area contributed by atoms with E-state index in [1.807, 2.05) is 6.92 Å². The van der Waals surface area contributed by atoms with E-state index in [1.54, 1.807) is 31.4 Å². The third-order valence-corrected chi connectivity index (χ3v) is 7.41. The monoisotopic (exact) mass is 457 g/mol. The minimum absolute atomic E-state index is 0.00805. The van der Waals surface area contributed by atoms with Crippen molar-refractivity contribution in [2.24, 2.45) is 0 Å². The highest BCUT2D eigenvalue weighted by Gasteiger charge is 2.53. The second-order valence-corrected chi connectivity index (χ2v) is 9.49. The topological polar surface area (TPSA) is 106 Å². The van der Waals surface area contributed by atoms with Crippen LogP contribution in [-0.4, -0.2) is 87.5 Å². The van der Waals surface area contributed by atoms with Crippen molar-refractivity contribution in [2.75, 3.05) is 35.4 Å². The van der Waals surface area contributed by atoms with Crippen molar-refractivity contribution in [3.63, 3.8) is 0 Å². The molecule has 0 radical (unpaired) electrons. The Labute approximate surface area is 183 Å².